The molecule has 0 nitrogen and oxygen atoms in total. The number of hydrogen-bond acceptors (Lipinski definition) is 0. The van der Waals surface area contributed by atoms with Crippen molar-refractivity contribution in [3.05, 3.63) is 58.7 Å². The molecule has 0 radical (unpaired) electrons. The molecule has 0 heterocycles. The molecule has 2 rings (SSSR count). The van der Waals surface area contributed by atoms with Crippen LogP contribution in [0.5, 0.6) is 0 Å². The Balaban J connectivity index is -0.000000236. The van der Waals surface area contributed by atoms with Crippen molar-refractivity contribution in [1.29, 1.82) is 0 Å². The van der Waals surface area contributed by atoms with Crippen LogP contribution >= 0.6 is 11.1 Å². The molecular formula is C16H23Cl3SiTi-2. The fourth-order valence-corrected chi connectivity index (χ4v) is 1.45. The normalized spacial score (nSPS) is 8.19. The number of halogens is 3. The van der Waals surface area contributed by atoms with Crippen molar-refractivity contribution in [2.45, 2.75) is 40.7 Å². The van der Waals surface area contributed by atoms with Crippen molar-refractivity contribution >= 4 is 16.6 Å². The fraction of sp³-hybridized carbons (Fsp3) is 0.375. The first-order valence-electron chi connectivity index (χ1n) is 6.49. The van der Waals surface area contributed by atoms with Crippen LogP contribution < -0.4 is 24.8 Å². The van der Waals surface area contributed by atoms with Crippen LogP contribution in [0.25, 0.3) is 0 Å². The van der Waals surface area contributed by atoms with E-state index in [1.54, 1.807) is 0 Å². The van der Waals surface area contributed by atoms with E-state index in [1.807, 2.05) is 30.3 Å². The van der Waals surface area contributed by atoms with Gasteiger partial charge in [-0.15, -0.1) is 0 Å². The van der Waals surface area contributed by atoms with E-state index in [1.165, 1.54) is 28.3 Å². The third-order valence-electron chi connectivity index (χ3n) is 3.04. The van der Waals surface area contributed by atoms with Crippen LogP contribution in [0.3, 0.4) is 0 Å². The molecule has 2 aromatic carbocycles. The summed E-state index contributed by atoms with van der Waals surface area (Å²) >= 11 is 7.65. The van der Waals surface area contributed by atoms with Crippen LogP contribution in [0.4, 0.5) is 0 Å². The maximum atomic E-state index is 5.56. The topological polar surface area (TPSA) is 0 Å². The minimum absolute atomic E-state index is 0. The molecule has 0 N–H and O–H groups in total. The van der Waals surface area contributed by atoms with Crippen LogP contribution in [-0.2, 0) is 19.2 Å². The molecular weight excluding hydrogens is 374 g/mol. The molecule has 2 aromatic rings. The van der Waals surface area contributed by atoms with Crippen LogP contribution in [0, 0.1) is 27.7 Å². The monoisotopic (exact) mass is 396 g/mol. The van der Waals surface area contributed by atoms with Crippen molar-refractivity contribution in [2.24, 2.45) is 0 Å². The molecule has 0 spiro atoms. The summed E-state index contributed by atoms with van der Waals surface area (Å²) in [5.74, 6) is 0. The minimum atomic E-state index is -0.402. The predicted molar refractivity (Wildman–Crippen MR) is 85.1 cm³/mol. The summed E-state index contributed by atoms with van der Waals surface area (Å²) in [4.78, 5) is 0. The maximum Gasteiger partial charge on any atom is -0.0630 e. The molecule has 0 amide bonds. The summed E-state index contributed by atoms with van der Waals surface area (Å²) in [6.45, 7) is 10.8. The Labute approximate surface area is 159 Å². The van der Waals surface area contributed by atoms with Crippen LogP contribution in [0.2, 0.25) is 6.04 Å². The van der Waals surface area contributed by atoms with E-state index in [0.29, 0.717) is 0 Å². The van der Waals surface area contributed by atoms with Gasteiger partial charge in [-0.3, -0.25) is 0 Å². The van der Waals surface area contributed by atoms with Crippen LogP contribution in [0.1, 0.15) is 29.2 Å². The Hall–Kier alpha value is 0.501. The largest absolute Gasteiger partial charge is 1.00 e. The van der Waals surface area contributed by atoms with Crippen molar-refractivity contribution in [2.75, 3.05) is 0 Å². The van der Waals surface area contributed by atoms with Gasteiger partial charge in [0.2, 0.25) is 0 Å². The molecule has 0 saturated carbocycles. The second-order valence-corrected chi connectivity index (χ2v) is 11.7. The van der Waals surface area contributed by atoms with E-state index in [-0.39, 0.29) is 24.8 Å². The van der Waals surface area contributed by atoms with Gasteiger partial charge in [0, 0.05) is 0 Å². The zero-order chi connectivity index (χ0) is 14.8. The first-order valence-corrected chi connectivity index (χ1v) is 11.6. The van der Waals surface area contributed by atoms with Gasteiger partial charge in [0.1, 0.15) is 0 Å². The Bertz CT molecular complexity index is 436. The van der Waals surface area contributed by atoms with E-state index < -0.39 is 5.50 Å². The molecule has 0 aliphatic carbocycles. The summed E-state index contributed by atoms with van der Waals surface area (Å²) in [6, 6.07) is 13.4. The number of rotatable bonds is 1. The molecule has 0 aliphatic rings. The summed E-state index contributed by atoms with van der Waals surface area (Å²) in [6.07, 6.45) is 0. The SMILES string of the molecule is CC[Si](Cl)=[Ti+2].Cc1c[c-](C)c(C)c1C.[Cl-].[Cl-].c1cc[cH-]c1. The van der Waals surface area contributed by atoms with Gasteiger partial charge in [0.25, 0.3) is 0 Å². The van der Waals surface area contributed by atoms with E-state index in [2.05, 4.69) is 59.9 Å². The average molecular weight is 398 g/mol. The van der Waals surface area contributed by atoms with Gasteiger partial charge in [-0.2, -0.15) is 46.5 Å². The maximum absolute atomic E-state index is 5.56. The molecule has 21 heavy (non-hydrogen) atoms. The average Bonchev–Trinajstić information content (AvgIpc) is 3.01. The fourth-order valence-electron chi connectivity index (χ4n) is 1.45. The third-order valence-corrected chi connectivity index (χ3v) is 6.12. The first kappa shape index (κ1) is 26.4. The summed E-state index contributed by atoms with van der Waals surface area (Å²) in [5, 5.41) is 0. The molecule has 0 saturated heterocycles. The minimum Gasteiger partial charge on any atom is -1.00 e. The van der Waals surface area contributed by atoms with Crippen molar-refractivity contribution in [3.63, 3.8) is 0 Å². The van der Waals surface area contributed by atoms with E-state index >= 15 is 0 Å². The third kappa shape index (κ3) is 12.7. The van der Waals surface area contributed by atoms with Gasteiger partial charge >= 0.3 is 48.7 Å². The Morgan fingerprint density at radius 2 is 1.62 bits per heavy atom. The van der Waals surface area contributed by atoms with Crippen molar-refractivity contribution in [1.82, 2.24) is 0 Å². The first-order chi connectivity index (χ1) is 8.90. The number of aryl methyl sites for hydroxylation is 2. The zero-order valence-electron chi connectivity index (χ0n) is 13.3. The molecule has 0 bridgehead atoms. The molecule has 0 unspecified atom stereocenters. The second kappa shape index (κ2) is 15.4. The molecule has 5 heteroatoms. The summed E-state index contributed by atoms with van der Waals surface area (Å²) in [5.41, 5.74) is 5.34. The van der Waals surface area contributed by atoms with Gasteiger partial charge in [0.05, 0.1) is 0 Å². The van der Waals surface area contributed by atoms with Crippen LogP contribution in [-0.4, -0.2) is 5.50 Å². The summed E-state index contributed by atoms with van der Waals surface area (Å²) in [7, 11) is 0. The quantitative estimate of drug-likeness (QED) is 0.340. The smallest absolute Gasteiger partial charge is 0.0630 e. The van der Waals surface area contributed by atoms with Crippen LogP contribution in [0.15, 0.2) is 36.4 Å². The van der Waals surface area contributed by atoms with Gasteiger partial charge in [-0.05, 0) is 0 Å². The molecule has 0 atom stereocenters. The van der Waals surface area contributed by atoms with E-state index in [0.717, 1.165) is 0 Å². The Morgan fingerprint density at radius 1 is 1.19 bits per heavy atom. The second-order valence-electron chi connectivity index (χ2n) is 4.48. The van der Waals surface area contributed by atoms with Crippen molar-refractivity contribution in [3.8, 4) is 0 Å². The van der Waals surface area contributed by atoms with Crippen molar-refractivity contribution < 1.29 is 44.0 Å². The number of hydrogen-bond donors (Lipinski definition) is 0. The molecule has 0 fully saturated rings. The summed E-state index contributed by atoms with van der Waals surface area (Å²) < 4.78 is 0. The van der Waals surface area contributed by atoms with Gasteiger partial charge in [0.15, 0.2) is 0 Å². The molecule has 0 aliphatic heterocycles. The molecule has 118 valence electrons. The molecule has 0 aromatic heterocycles. The van der Waals surface area contributed by atoms with E-state index in [9.17, 15) is 0 Å². The Kier molecular flexibility index (Phi) is 19.4. The zero-order valence-corrected chi connectivity index (χ0v) is 18.1. The van der Waals surface area contributed by atoms with Gasteiger partial charge in [-0.25, -0.2) is 12.1 Å². The Morgan fingerprint density at radius 3 is 1.71 bits per heavy atom. The predicted octanol–water partition coefficient (Wildman–Crippen LogP) is -0.667. The van der Waals surface area contributed by atoms with E-state index in [4.69, 9.17) is 11.1 Å². The standard InChI is InChI=1S/C9H13.C5H5.C2H5ClSi.2ClH.Ti/c1-6-5-7(2)9(4)8(6)3;1-2-4-5-3-1;1-2-4-3;;;/h5H,1-4H3;1-5H;2H2,1H3;2*1H;/q2*-1;;;;+2/p-2. The van der Waals surface area contributed by atoms with Gasteiger partial charge in [-0.1, -0.05) is 27.7 Å². The van der Waals surface area contributed by atoms with Gasteiger partial charge < -0.3 is 24.8 Å².